The van der Waals surface area contributed by atoms with E-state index in [1.165, 1.54) is 0 Å². The molecule has 0 aliphatic heterocycles. The maximum atomic E-state index is 12.4. The van der Waals surface area contributed by atoms with E-state index in [1.54, 1.807) is 50.6 Å². The van der Waals surface area contributed by atoms with Gasteiger partial charge in [-0.25, -0.2) is 19.6 Å². The Balaban J connectivity index is 1.03. The number of aromatic nitrogens is 4. The zero-order chi connectivity index (χ0) is 31.2. The zero-order valence-electron chi connectivity index (χ0n) is 24.4. The molecule has 0 bridgehead atoms. The van der Waals surface area contributed by atoms with Crippen LogP contribution >= 0.6 is 0 Å². The van der Waals surface area contributed by atoms with E-state index in [9.17, 15) is 9.59 Å². The van der Waals surface area contributed by atoms with Gasteiger partial charge in [-0.2, -0.15) is 0 Å². The Labute approximate surface area is 257 Å². The molecule has 0 atom stereocenters. The van der Waals surface area contributed by atoms with Gasteiger partial charge < -0.3 is 34.8 Å². The van der Waals surface area contributed by atoms with E-state index in [2.05, 4.69) is 41.2 Å². The van der Waals surface area contributed by atoms with Crippen LogP contribution in [0.2, 0.25) is 0 Å². The summed E-state index contributed by atoms with van der Waals surface area (Å²) >= 11 is 0. The van der Waals surface area contributed by atoms with Gasteiger partial charge in [-0.15, -0.1) is 0 Å². The van der Waals surface area contributed by atoms with Crippen LogP contribution in [0.25, 0.3) is 22.1 Å². The summed E-state index contributed by atoms with van der Waals surface area (Å²) in [5, 5.41) is 11.0. The van der Waals surface area contributed by atoms with Crippen molar-refractivity contribution in [2.45, 2.75) is 13.1 Å². The maximum absolute atomic E-state index is 12.4. The number of hydrogen-bond donors (Lipinski definition) is 6. The molecular weight excluding hydrogens is 576 g/mol. The lowest BCUT2D eigenvalue weighted by Gasteiger charge is -2.06. The van der Waals surface area contributed by atoms with Crippen LogP contribution in [0.3, 0.4) is 0 Å². The monoisotopic (exact) mass is 606 g/mol. The highest BCUT2D eigenvalue weighted by atomic mass is 16.5. The van der Waals surface area contributed by atoms with Crippen LogP contribution in [0.4, 0.5) is 21.5 Å². The van der Waals surface area contributed by atoms with E-state index in [-0.39, 0.29) is 0 Å². The number of carbonyl (C=O) groups excluding carboxylic acids is 2. The molecule has 45 heavy (non-hydrogen) atoms. The molecule has 4 aromatic carbocycles. The molecule has 13 heteroatoms. The number of hydrogen-bond acceptors (Lipinski definition) is 7. The number of imidazole rings is 2. The third-order valence-electron chi connectivity index (χ3n) is 6.83. The first kappa shape index (κ1) is 28.9. The first-order valence-electron chi connectivity index (χ1n) is 14.0. The fourth-order valence-electron chi connectivity index (χ4n) is 4.51. The molecule has 228 valence electrons. The summed E-state index contributed by atoms with van der Waals surface area (Å²) in [4.78, 5) is 39.8. The average molecular weight is 607 g/mol. The molecular formula is C32H30N8O5. The van der Waals surface area contributed by atoms with Crippen LogP contribution < -0.4 is 35.5 Å². The fraction of sp³-hybridized carbons (Fsp3) is 0.125. The van der Waals surface area contributed by atoms with Gasteiger partial charge in [0, 0.05) is 25.2 Å². The molecule has 6 aromatic rings. The van der Waals surface area contributed by atoms with Crippen molar-refractivity contribution < 1.29 is 23.8 Å². The van der Waals surface area contributed by atoms with E-state index in [1.807, 2.05) is 48.5 Å². The molecule has 0 radical (unpaired) electrons. The Morgan fingerprint density at radius 2 is 1.00 bits per heavy atom. The average Bonchev–Trinajstić information content (AvgIpc) is 3.65. The minimum atomic E-state index is -0.391. The SMILES string of the molecule is COc1ccc(CNC(=O)Nc2nc3ccc(Oc4ccc5nc(NC(=O)NCc6ccc(OC)cc6)[nH]c5c4)cc3[nH]2)cc1. The van der Waals surface area contributed by atoms with Gasteiger partial charge in [-0.1, -0.05) is 24.3 Å². The van der Waals surface area contributed by atoms with E-state index in [0.717, 1.165) is 22.6 Å². The number of methoxy groups -OCH3 is 2. The number of rotatable bonds is 10. The van der Waals surface area contributed by atoms with Crippen molar-refractivity contribution in [3.05, 3.63) is 96.1 Å². The lowest BCUT2D eigenvalue weighted by molar-refractivity contribution is 0.250. The number of anilines is 2. The molecule has 0 aliphatic rings. The largest absolute Gasteiger partial charge is 0.497 e. The molecule has 0 spiro atoms. The number of ether oxygens (including phenoxy) is 3. The third kappa shape index (κ3) is 7.22. The van der Waals surface area contributed by atoms with Crippen molar-refractivity contribution in [2.75, 3.05) is 24.9 Å². The number of nitrogens with one attached hydrogen (secondary N) is 6. The molecule has 0 fully saturated rings. The number of fused-ring (bicyclic) bond motifs is 2. The second kappa shape index (κ2) is 13.0. The Morgan fingerprint density at radius 1 is 0.600 bits per heavy atom. The number of urea groups is 2. The van der Waals surface area contributed by atoms with E-state index in [4.69, 9.17) is 14.2 Å². The van der Waals surface area contributed by atoms with Crippen molar-refractivity contribution in [3.63, 3.8) is 0 Å². The van der Waals surface area contributed by atoms with Crippen molar-refractivity contribution in [1.29, 1.82) is 0 Å². The number of carbonyl (C=O) groups is 2. The highest BCUT2D eigenvalue weighted by Crippen LogP contribution is 2.28. The van der Waals surface area contributed by atoms with Gasteiger partial charge in [0.1, 0.15) is 23.0 Å². The minimum absolute atomic E-state index is 0.307. The first-order chi connectivity index (χ1) is 21.9. The molecule has 0 aliphatic carbocycles. The predicted molar refractivity (Wildman–Crippen MR) is 170 cm³/mol. The van der Waals surface area contributed by atoms with Crippen molar-refractivity contribution in [3.8, 4) is 23.0 Å². The highest BCUT2D eigenvalue weighted by molar-refractivity contribution is 5.91. The van der Waals surface area contributed by atoms with Crippen molar-refractivity contribution in [1.82, 2.24) is 30.6 Å². The van der Waals surface area contributed by atoms with Crippen LogP contribution in [-0.4, -0.2) is 46.2 Å². The van der Waals surface area contributed by atoms with Gasteiger partial charge in [-0.3, -0.25) is 10.6 Å². The van der Waals surface area contributed by atoms with E-state index >= 15 is 0 Å². The minimum Gasteiger partial charge on any atom is -0.497 e. The molecule has 2 heterocycles. The topological polar surface area (TPSA) is 167 Å². The van der Waals surface area contributed by atoms with Crippen LogP contribution in [0.5, 0.6) is 23.0 Å². The van der Waals surface area contributed by atoms with Gasteiger partial charge in [0.15, 0.2) is 0 Å². The number of benzene rings is 4. The molecule has 0 saturated carbocycles. The smallest absolute Gasteiger partial charge is 0.321 e. The predicted octanol–water partition coefficient (Wildman–Crippen LogP) is 5.89. The maximum Gasteiger partial charge on any atom is 0.321 e. The lowest BCUT2D eigenvalue weighted by Crippen LogP contribution is -2.28. The number of H-pyrrole nitrogens is 2. The summed E-state index contributed by atoms with van der Waals surface area (Å²) in [6.45, 7) is 0.702. The summed E-state index contributed by atoms with van der Waals surface area (Å²) in [5.41, 5.74) is 4.57. The van der Waals surface area contributed by atoms with Crippen LogP contribution in [0.1, 0.15) is 11.1 Å². The Hall–Kier alpha value is -6.24. The van der Waals surface area contributed by atoms with Gasteiger partial charge >= 0.3 is 12.1 Å². The normalized spacial score (nSPS) is 10.8. The standard InChI is InChI=1S/C32H30N8O5/c1-43-21-7-3-19(4-8-21)17-33-31(41)39-29-35-25-13-11-23(15-27(25)37-29)45-24-12-14-26-28(16-24)38-30(36-26)40-32(42)34-18-20-5-9-22(44-2)10-6-20/h3-16H,17-18H2,1-2H3,(H3,33,35,37,39,41)(H3,34,36,38,40,42). The van der Waals surface area contributed by atoms with Gasteiger partial charge in [-0.05, 0) is 59.7 Å². The summed E-state index contributed by atoms with van der Waals surface area (Å²) < 4.78 is 16.4. The Bertz CT molecular complexity index is 1810. The van der Waals surface area contributed by atoms with Crippen LogP contribution in [-0.2, 0) is 13.1 Å². The Morgan fingerprint density at radius 3 is 1.40 bits per heavy atom. The molecule has 6 N–H and O–H groups in total. The zero-order valence-corrected chi connectivity index (χ0v) is 24.4. The van der Waals surface area contributed by atoms with Crippen LogP contribution in [0.15, 0.2) is 84.9 Å². The molecule has 2 aromatic heterocycles. The van der Waals surface area contributed by atoms with Gasteiger partial charge in [0.05, 0.1) is 36.3 Å². The van der Waals surface area contributed by atoms with E-state index in [0.29, 0.717) is 58.6 Å². The number of nitrogens with zero attached hydrogens (tertiary/aromatic N) is 2. The fourth-order valence-corrected chi connectivity index (χ4v) is 4.51. The third-order valence-corrected chi connectivity index (χ3v) is 6.83. The number of aromatic amines is 2. The number of amides is 4. The van der Waals surface area contributed by atoms with E-state index < -0.39 is 12.1 Å². The summed E-state index contributed by atoms with van der Waals surface area (Å²) in [5.74, 6) is 3.25. The highest BCUT2D eigenvalue weighted by Gasteiger charge is 2.11. The quantitative estimate of drug-likeness (QED) is 0.113. The second-order valence-corrected chi connectivity index (χ2v) is 9.94. The summed E-state index contributed by atoms with van der Waals surface area (Å²) in [6, 6.07) is 24.8. The molecule has 6 rings (SSSR count). The summed E-state index contributed by atoms with van der Waals surface area (Å²) in [7, 11) is 3.21. The summed E-state index contributed by atoms with van der Waals surface area (Å²) in [6.07, 6.45) is 0. The second-order valence-electron chi connectivity index (χ2n) is 9.94. The first-order valence-corrected chi connectivity index (χ1v) is 14.0. The Kier molecular flexibility index (Phi) is 8.31. The van der Waals surface area contributed by atoms with Crippen molar-refractivity contribution in [2.24, 2.45) is 0 Å². The van der Waals surface area contributed by atoms with Gasteiger partial charge in [0.2, 0.25) is 11.9 Å². The molecule has 4 amide bonds. The molecule has 0 unspecified atom stereocenters. The van der Waals surface area contributed by atoms with Gasteiger partial charge in [0.25, 0.3) is 0 Å². The van der Waals surface area contributed by atoms with Crippen molar-refractivity contribution >= 4 is 46.0 Å². The molecule has 13 nitrogen and oxygen atoms in total. The lowest BCUT2D eigenvalue weighted by atomic mass is 10.2. The molecule has 0 saturated heterocycles. The van der Waals surface area contributed by atoms with Crippen LogP contribution in [0, 0.1) is 0 Å².